The Morgan fingerprint density at radius 2 is 1.12 bits per heavy atom. The van der Waals surface area contributed by atoms with Crippen molar-refractivity contribution in [2.24, 2.45) is 0 Å². The topological polar surface area (TPSA) is 40.5 Å². The molecule has 2 N–H and O–H groups in total. The average molecular weight is 157 g/mol. The maximum atomic E-state index is 8.69. The van der Waals surface area contributed by atoms with E-state index in [0.29, 0.717) is 0 Å². The third-order valence-corrected chi connectivity index (χ3v) is 2.49. The van der Waals surface area contributed by atoms with Crippen LogP contribution in [0.25, 0.3) is 0 Å². The van der Waals surface area contributed by atoms with Crippen molar-refractivity contribution in [3.8, 4) is 0 Å². The van der Waals surface area contributed by atoms with Crippen molar-refractivity contribution in [1.82, 2.24) is 0 Å². The van der Waals surface area contributed by atoms with Gasteiger partial charge in [0.25, 0.3) is 0 Å². The van der Waals surface area contributed by atoms with Crippen LogP contribution in [-0.4, -0.2) is 33.2 Å². The summed E-state index contributed by atoms with van der Waals surface area (Å²) >= 11 is 10.8. The first kappa shape index (κ1) is 6.62. The molecule has 0 bridgehead atoms. The Hall–Kier alpha value is 0.500. The van der Waals surface area contributed by atoms with Gasteiger partial charge in [0.1, 0.15) is 0 Å². The molecule has 1 aliphatic rings. The molecular weight excluding hydrogens is 151 g/mol. The minimum absolute atomic E-state index is 0.480. The molecule has 0 amide bonds. The molecule has 0 aromatic heterocycles. The molecule has 4 heteroatoms. The predicted octanol–water partition coefficient (Wildman–Crippen LogP) is -0.0634. The number of aliphatic hydroxyl groups excluding tert-OH is 2. The first-order valence-corrected chi connectivity index (χ1v) is 3.16. The molecule has 8 heavy (non-hydrogen) atoms. The monoisotopic (exact) mass is 156 g/mol. The van der Waals surface area contributed by atoms with Gasteiger partial charge < -0.3 is 10.2 Å². The Balaban J connectivity index is 2.42. The Labute approximate surface area is 57.0 Å². The lowest BCUT2D eigenvalue weighted by Gasteiger charge is -2.38. The molecule has 4 atom stereocenters. The molecule has 0 spiro atoms. The van der Waals surface area contributed by atoms with Gasteiger partial charge in [-0.1, -0.05) is 0 Å². The number of alkyl halides is 2. The second-order valence-corrected chi connectivity index (χ2v) is 2.88. The van der Waals surface area contributed by atoms with Gasteiger partial charge in [-0.3, -0.25) is 0 Å². The zero-order chi connectivity index (χ0) is 6.31. The van der Waals surface area contributed by atoms with Crippen molar-refractivity contribution in [3.63, 3.8) is 0 Å². The van der Waals surface area contributed by atoms with E-state index in [2.05, 4.69) is 0 Å². The predicted molar refractivity (Wildman–Crippen MR) is 31.3 cm³/mol. The fraction of sp³-hybridized carbons (Fsp3) is 1.00. The molecule has 0 aromatic carbocycles. The summed E-state index contributed by atoms with van der Waals surface area (Å²) in [5.41, 5.74) is 0. The van der Waals surface area contributed by atoms with E-state index in [1.54, 1.807) is 0 Å². The molecule has 1 saturated carbocycles. The standard InChI is InChI=1S/C4H6Cl2O2/c5-1-2(6)4(8)3(1)7/h1-4,7-8H/t1-,2+,3-,4+. The third-order valence-electron chi connectivity index (χ3n) is 1.31. The van der Waals surface area contributed by atoms with Gasteiger partial charge in [0.2, 0.25) is 0 Å². The van der Waals surface area contributed by atoms with E-state index < -0.39 is 23.0 Å². The van der Waals surface area contributed by atoms with Crippen LogP contribution in [0.4, 0.5) is 0 Å². The van der Waals surface area contributed by atoms with Crippen LogP contribution < -0.4 is 0 Å². The van der Waals surface area contributed by atoms with Gasteiger partial charge in [-0.05, 0) is 0 Å². The van der Waals surface area contributed by atoms with Crippen molar-refractivity contribution in [3.05, 3.63) is 0 Å². The highest BCUT2D eigenvalue weighted by Crippen LogP contribution is 2.31. The maximum Gasteiger partial charge on any atom is 0.0992 e. The van der Waals surface area contributed by atoms with Crippen LogP contribution in [0.3, 0.4) is 0 Å². The molecule has 48 valence electrons. The van der Waals surface area contributed by atoms with Gasteiger partial charge in [-0.2, -0.15) is 0 Å². The SMILES string of the molecule is O[C@@H]1[C@H](O)[C@H](Cl)[C@@H]1Cl. The normalized spacial score (nSPS) is 55.5. The highest BCUT2D eigenvalue weighted by atomic mass is 35.5. The summed E-state index contributed by atoms with van der Waals surface area (Å²) in [5, 5.41) is 16.4. The van der Waals surface area contributed by atoms with Crippen molar-refractivity contribution in [2.75, 3.05) is 0 Å². The molecule has 0 aliphatic heterocycles. The van der Waals surface area contributed by atoms with Crippen LogP contribution in [0.2, 0.25) is 0 Å². The Morgan fingerprint density at radius 1 is 0.875 bits per heavy atom. The highest BCUT2D eigenvalue weighted by molar-refractivity contribution is 6.32. The molecule has 0 heterocycles. The van der Waals surface area contributed by atoms with E-state index >= 15 is 0 Å². The Morgan fingerprint density at radius 3 is 1.25 bits per heavy atom. The summed E-state index contributed by atoms with van der Waals surface area (Å²) in [6, 6.07) is 0. The van der Waals surface area contributed by atoms with E-state index in [0.717, 1.165) is 0 Å². The molecule has 2 nitrogen and oxygen atoms in total. The van der Waals surface area contributed by atoms with E-state index in [9.17, 15) is 0 Å². The lowest BCUT2D eigenvalue weighted by atomic mass is 9.91. The summed E-state index contributed by atoms with van der Waals surface area (Å²) in [6.45, 7) is 0. The number of halogens is 2. The van der Waals surface area contributed by atoms with E-state index in [4.69, 9.17) is 33.4 Å². The second-order valence-electron chi connectivity index (χ2n) is 1.87. The van der Waals surface area contributed by atoms with Crippen molar-refractivity contribution < 1.29 is 10.2 Å². The summed E-state index contributed by atoms with van der Waals surface area (Å²) in [4.78, 5) is 0. The molecule has 0 aromatic rings. The molecule has 1 rings (SSSR count). The van der Waals surface area contributed by atoms with E-state index in [-0.39, 0.29) is 0 Å². The maximum absolute atomic E-state index is 8.69. The van der Waals surface area contributed by atoms with Crippen molar-refractivity contribution in [2.45, 2.75) is 23.0 Å². The lowest BCUT2D eigenvalue weighted by Crippen LogP contribution is -2.58. The summed E-state index contributed by atoms with van der Waals surface area (Å²) in [5.74, 6) is 0. The smallest absolute Gasteiger partial charge is 0.0992 e. The zero-order valence-corrected chi connectivity index (χ0v) is 5.47. The van der Waals surface area contributed by atoms with Gasteiger partial charge in [0, 0.05) is 0 Å². The third kappa shape index (κ3) is 0.722. The van der Waals surface area contributed by atoms with Crippen LogP contribution in [0.15, 0.2) is 0 Å². The van der Waals surface area contributed by atoms with Gasteiger partial charge in [0.15, 0.2) is 0 Å². The molecule has 0 unspecified atom stereocenters. The first-order chi connectivity index (χ1) is 3.64. The fourth-order valence-electron chi connectivity index (χ4n) is 0.608. The molecule has 1 fully saturated rings. The quantitative estimate of drug-likeness (QED) is 0.483. The van der Waals surface area contributed by atoms with Crippen LogP contribution >= 0.6 is 23.2 Å². The van der Waals surface area contributed by atoms with Crippen LogP contribution in [0.1, 0.15) is 0 Å². The molecule has 0 saturated heterocycles. The molecule has 0 radical (unpaired) electrons. The van der Waals surface area contributed by atoms with Gasteiger partial charge in [-0.15, -0.1) is 23.2 Å². The van der Waals surface area contributed by atoms with Crippen LogP contribution in [-0.2, 0) is 0 Å². The average Bonchev–Trinajstić information content (AvgIpc) is 1.83. The van der Waals surface area contributed by atoms with E-state index in [1.165, 1.54) is 0 Å². The second kappa shape index (κ2) is 2.03. The minimum Gasteiger partial charge on any atom is -0.389 e. The van der Waals surface area contributed by atoms with Gasteiger partial charge in [-0.25, -0.2) is 0 Å². The van der Waals surface area contributed by atoms with Crippen LogP contribution in [0, 0.1) is 0 Å². The number of hydrogen-bond donors (Lipinski definition) is 2. The zero-order valence-electron chi connectivity index (χ0n) is 3.96. The fourth-order valence-corrected chi connectivity index (χ4v) is 1.20. The largest absolute Gasteiger partial charge is 0.389 e. The summed E-state index contributed by atoms with van der Waals surface area (Å²) < 4.78 is 0. The van der Waals surface area contributed by atoms with Gasteiger partial charge in [0.05, 0.1) is 23.0 Å². The number of aliphatic hydroxyl groups is 2. The van der Waals surface area contributed by atoms with E-state index in [1.807, 2.05) is 0 Å². The van der Waals surface area contributed by atoms with Gasteiger partial charge >= 0.3 is 0 Å². The lowest BCUT2D eigenvalue weighted by molar-refractivity contribution is -0.0432. The molecular formula is C4H6Cl2O2. The van der Waals surface area contributed by atoms with Crippen molar-refractivity contribution >= 4 is 23.2 Å². The first-order valence-electron chi connectivity index (χ1n) is 2.29. The Bertz CT molecular complexity index is 66.0. The molecule has 1 aliphatic carbocycles. The summed E-state index contributed by atoms with van der Waals surface area (Å²) in [7, 11) is 0. The minimum atomic E-state index is -0.834. The van der Waals surface area contributed by atoms with Crippen molar-refractivity contribution in [1.29, 1.82) is 0 Å². The number of hydrogen-bond acceptors (Lipinski definition) is 2. The summed E-state index contributed by atoms with van der Waals surface area (Å²) in [6.07, 6.45) is -1.67. The van der Waals surface area contributed by atoms with Crippen LogP contribution in [0.5, 0.6) is 0 Å². The number of rotatable bonds is 0. The Kier molecular flexibility index (Phi) is 1.68. The highest BCUT2D eigenvalue weighted by Gasteiger charge is 2.46.